The Morgan fingerprint density at radius 3 is 2.56 bits per heavy atom. The highest BCUT2D eigenvalue weighted by Gasteiger charge is 2.22. The van der Waals surface area contributed by atoms with Crippen molar-refractivity contribution in [1.82, 2.24) is 0 Å². The number of allylic oxidation sites excluding steroid dienone is 1. The first-order valence-electron chi connectivity index (χ1n) is 4.71. The van der Waals surface area contributed by atoms with Gasteiger partial charge in [0.2, 0.25) is 0 Å². The van der Waals surface area contributed by atoms with E-state index in [2.05, 4.69) is 6.58 Å². The van der Waals surface area contributed by atoms with Gasteiger partial charge >= 0.3 is 0 Å². The lowest BCUT2D eigenvalue weighted by atomic mass is 10.0. The number of phenols is 1. The van der Waals surface area contributed by atoms with Crippen LogP contribution in [0.15, 0.2) is 18.7 Å². The van der Waals surface area contributed by atoms with Crippen LogP contribution in [0.1, 0.15) is 24.4 Å². The third kappa shape index (κ3) is 2.36. The molecule has 0 aliphatic carbocycles. The highest BCUT2D eigenvalue weighted by Crippen LogP contribution is 2.31. The highest BCUT2D eigenvalue weighted by atomic mass is 19.2. The molecule has 0 saturated carbocycles. The van der Waals surface area contributed by atoms with Crippen molar-refractivity contribution in [2.24, 2.45) is 5.73 Å². The standard InChI is InChI=1S/C11H12F3NO/c1-2-3-4-7(15)9-8(16)5-6(12)10(13)11(9)14/h2,5,7,16H,1,3-4,15H2/t7-/m1/s1. The molecular weight excluding hydrogens is 219 g/mol. The van der Waals surface area contributed by atoms with Gasteiger partial charge in [-0.1, -0.05) is 6.08 Å². The average Bonchev–Trinajstić information content (AvgIpc) is 2.23. The Hall–Kier alpha value is -1.49. The molecule has 0 spiro atoms. The van der Waals surface area contributed by atoms with Gasteiger partial charge < -0.3 is 10.8 Å². The van der Waals surface area contributed by atoms with Crippen molar-refractivity contribution in [1.29, 1.82) is 0 Å². The van der Waals surface area contributed by atoms with Crippen LogP contribution >= 0.6 is 0 Å². The second-order valence-corrected chi connectivity index (χ2v) is 3.39. The smallest absolute Gasteiger partial charge is 0.195 e. The minimum atomic E-state index is -1.62. The molecule has 0 bridgehead atoms. The number of benzene rings is 1. The molecule has 3 N–H and O–H groups in total. The van der Waals surface area contributed by atoms with Crippen LogP contribution in [0.4, 0.5) is 13.2 Å². The van der Waals surface area contributed by atoms with Crippen molar-refractivity contribution in [2.75, 3.05) is 0 Å². The molecule has 2 nitrogen and oxygen atoms in total. The summed E-state index contributed by atoms with van der Waals surface area (Å²) in [6, 6.07) is -0.380. The van der Waals surface area contributed by atoms with E-state index in [-0.39, 0.29) is 0 Å². The fraction of sp³-hybridized carbons (Fsp3) is 0.273. The molecule has 1 aromatic rings. The molecule has 1 atom stereocenters. The maximum absolute atomic E-state index is 13.3. The van der Waals surface area contributed by atoms with Crippen LogP contribution in [0.25, 0.3) is 0 Å². The van der Waals surface area contributed by atoms with Crippen LogP contribution in [0, 0.1) is 17.5 Å². The van der Waals surface area contributed by atoms with Crippen LogP contribution < -0.4 is 5.73 Å². The van der Waals surface area contributed by atoms with Gasteiger partial charge in [-0.2, -0.15) is 0 Å². The first-order valence-corrected chi connectivity index (χ1v) is 4.71. The van der Waals surface area contributed by atoms with Crippen molar-refractivity contribution < 1.29 is 18.3 Å². The molecule has 88 valence electrons. The molecule has 16 heavy (non-hydrogen) atoms. The van der Waals surface area contributed by atoms with E-state index in [1.807, 2.05) is 0 Å². The Kier molecular flexibility index (Phi) is 3.95. The van der Waals surface area contributed by atoms with Crippen molar-refractivity contribution in [3.63, 3.8) is 0 Å². The summed E-state index contributed by atoms with van der Waals surface area (Å²) in [6.45, 7) is 3.46. The lowest BCUT2D eigenvalue weighted by Gasteiger charge is -2.14. The van der Waals surface area contributed by atoms with Crippen molar-refractivity contribution in [2.45, 2.75) is 18.9 Å². The Bertz CT molecular complexity index is 407. The van der Waals surface area contributed by atoms with Crippen LogP contribution in [0.5, 0.6) is 5.75 Å². The Balaban J connectivity index is 3.12. The van der Waals surface area contributed by atoms with E-state index in [9.17, 15) is 18.3 Å². The summed E-state index contributed by atoms with van der Waals surface area (Å²) >= 11 is 0. The minimum Gasteiger partial charge on any atom is -0.507 e. The molecule has 0 radical (unpaired) electrons. The summed E-state index contributed by atoms with van der Waals surface area (Å²) in [7, 11) is 0. The van der Waals surface area contributed by atoms with E-state index >= 15 is 0 Å². The van der Waals surface area contributed by atoms with Crippen LogP contribution in [0.2, 0.25) is 0 Å². The van der Waals surface area contributed by atoms with E-state index < -0.39 is 34.8 Å². The van der Waals surface area contributed by atoms with Gasteiger partial charge in [0.25, 0.3) is 0 Å². The van der Waals surface area contributed by atoms with Gasteiger partial charge in [0, 0.05) is 17.7 Å². The molecule has 1 rings (SSSR count). The number of rotatable bonds is 4. The summed E-state index contributed by atoms with van der Waals surface area (Å²) < 4.78 is 38.9. The van der Waals surface area contributed by atoms with E-state index in [1.54, 1.807) is 6.08 Å². The lowest BCUT2D eigenvalue weighted by Crippen LogP contribution is -2.13. The summed E-state index contributed by atoms with van der Waals surface area (Å²) in [4.78, 5) is 0. The Labute approximate surface area is 91.2 Å². The topological polar surface area (TPSA) is 46.2 Å². The van der Waals surface area contributed by atoms with Crippen molar-refractivity contribution in [3.8, 4) is 5.75 Å². The summed E-state index contributed by atoms with van der Waals surface area (Å²) in [5.74, 6) is -5.17. The fourth-order valence-electron chi connectivity index (χ4n) is 1.39. The van der Waals surface area contributed by atoms with Crippen LogP contribution in [0.3, 0.4) is 0 Å². The summed E-state index contributed by atoms with van der Waals surface area (Å²) in [6.07, 6.45) is 2.34. The zero-order valence-corrected chi connectivity index (χ0v) is 8.51. The molecule has 5 heteroatoms. The zero-order chi connectivity index (χ0) is 12.3. The van der Waals surface area contributed by atoms with Crippen LogP contribution in [-0.2, 0) is 0 Å². The van der Waals surface area contributed by atoms with E-state index in [0.29, 0.717) is 18.9 Å². The third-order valence-electron chi connectivity index (χ3n) is 2.23. The molecule has 0 aliphatic heterocycles. The van der Waals surface area contributed by atoms with Gasteiger partial charge in [0.1, 0.15) is 5.75 Å². The minimum absolute atomic E-state index is 0.291. The van der Waals surface area contributed by atoms with Gasteiger partial charge in [-0.3, -0.25) is 0 Å². The number of aromatic hydroxyl groups is 1. The molecule has 0 aliphatic rings. The van der Waals surface area contributed by atoms with Gasteiger partial charge in [0.15, 0.2) is 17.5 Å². The lowest BCUT2D eigenvalue weighted by molar-refractivity contribution is 0.398. The van der Waals surface area contributed by atoms with E-state index in [0.717, 1.165) is 0 Å². The first-order chi connectivity index (χ1) is 7.49. The fourth-order valence-corrected chi connectivity index (χ4v) is 1.39. The SMILES string of the molecule is C=CCC[C@@H](N)c1c(O)cc(F)c(F)c1F. The van der Waals surface area contributed by atoms with Crippen molar-refractivity contribution >= 4 is 0 Å². The third-order valence-corrected chi connectivity index (χ3v) is 2.23. The predicted molar refractivity (Wildman–Crippen MR) is 54.3 cm³/mol. The predicted octanol–water partition coefficient (Wildman–Crippen LogP) is 2.78. The highest BCUT2D eigenvalue weighted by molar-refractivity contribution is 5.37. The molecule has 1 aromatic carbocycles. The van der Waals surface area contributed by atoms with Gasteiger partial charge in [-0.15, -0.1) is 6.58 Å². The number of phenolic OH excluding ortho intramolecular Hbond substituents is 1. The van der Waals surface area contributed by atoms with Crippen molar-refractivity contribution in [3.05, 3.63) is 41.7 Å². The monoisotopic (exact) mass is 231 g/mol. The second kappa shape index (κ2) is 5.03. The number of halogens is 3. The maximum Gasteiger partial charge on any atom is 0.195 e. The van der Waals surface area contributed by atoms with Gasteiger partial charge in [-0.25, -0.2) is 13.2 Å². The Morgan fingerprint density at radius 1 is 1.38 bits per heavy atom. The summed E-state index contributed by atoms with van der Waals surface area (Å²) in [5.41, 5.74) is 5.16. The van der Waals surface area contributed by atoms with Gasteiger partial charge in [0.05, 0.1) is 0 Å². The van der Waals surface area contributed by atoms with E-state index in [1.165, 1.54) is 0 Å². The number of hydrogen-bond donors (Lipinski definition) is 2. The molecule has 0 amide bonds. The first kappa shape index (κ1) is 12.6. The molecule has 0 fully saturated rings. The summed E-state index contributed by atoms with van der Waals surface area (Å²) in [5, 5.41) is 9.31. The molecule has 0 unspecified atom stereocenters. The van der Waals surface area contributed by atoms with Gasteiger partial charge in [-0.05, 0) is 12.8 Å². The van der Waals surface area contributed by atoms with Crippen LogP contribution in [-0.4, -0.2) is 5.11 Å². The number of nitrogens with two attached hydrogens (primary N) is 1. The maximum atomic E-state index is 13.3. The zero-order valence-electron chi connectivity index (χ0n) is 8.51. The normalized spacial score (nSPS) is 12.5. The second-order valence-electron chi connectivity index (χ2n) is 3.39. The molecule has 0 aromatic heterocycles. The molecule has 0 heterocycles. The average molecular weight is 231 g/mol. The number of hydrogen-bond acceptors (Lipinski definition) is 2. The molecule has 0 saturated heterocycles. The Morgan fingerprint density at radius 2 is 2.00 bits per heavy atom. The quantitative estimate of drug-likeness (QED) is 0.618. The largest absolute Gasteiger partial charge is 0.507 e. The van der Waals surface area contributed by atoms with E-state index in [4.69, 9.17) is 5.73 Å². The molecular formula is C11H12F3NO.